The summed E-state index contributed by atoms with van der Waals surface area (Å²) in [6.45, 7) is 0. The number of carbonyl (C=O) groups excluding carboxylic acids is 1. The van der Waals surface area contributed by atoms with Crippen molar-refractivity contribution in [1.29, 1.82) is 0 Å². The van der Waals surface area contributed by atoms with Gasteiger partial charge in [-0.05, 0) is 39.1 Å². The minimum atomic E-state index is 0.140. The van der Waals surface area contributed by atoms with Gasteiger partial charge in [-0.25, -0.2) is 0 Å². The number of carbonyl (C=O) groups is 1. The van der Waals surface area contributed by atoms with Gasteiger partial charge in [0, 0.05) is 17.9 Å². The van der Waals surface area contributed by atoms with Crippen LogP contribution in [0.25, 0.3) is 11.1 Å². The van der Waals surface area contributed by atoms with E-state index in [1.54, 1.807) is 11.3 Å². The van der Waals surface area contributed by atoms with Crippen LogP contribution in [0.3, 0.4) is 0 Å². The highest BCUT2D eigenvalue weighted by molar-refractivity contribution is 7.08. The summed E-state index contributed by atoms with van der Waals surface area (Å²) < 4.78 is 0. The van der Waals surface area contributed by atoms with Gasteiger partial charge in [0.25, 0.3) is 0 Å². The standard InChI is InChI=1S/C21H16OS/c22-19-13-18(15-7-3-1-4-8-15)20(16-9-5-2-6-10-16)21(19)17-11-12-23-14-17/h1-12,14,18H,13H2. The average molecular weight is 316 g/mol. The van der Waals surface area contributed by atoms with Gasteiger partial charge in [0.05, 0.1) is 0 Å². The van der Waals surface area contributed by atoms with Crippen LogP contribution in [0.2, 0.25) is 0 Å². The van der Waals surface area contributed by atoms with Gasteiger partial charge < -0.3 is 0 Å². The monoisotopic (exact) mass is 316 g/mol. The highest BCUT2D eigenvalue weighted by Crippen LogP contribution is 2.47. The Morgan fingerprint density at radius 2 is 1.52 bits per heavy atom. The summed E-state index contributed by atoms with van der Waals surface area (Å²) in [7, 11) is 0. The molecular weight excluding hydrogens is 300 g/mol. The number of hydrogen-bond acceptors (Lipinski definition) is 2. The number of Topliss-reactive ketones (excluding diaryl/α,β-unsaturated/α-hetero) is 1. The Labute approximate surface area is 139 Å². The molecule has 2 aromatic carbocycles. The Balaban J connectivity index is 1.94. The van der Waals surface area contributed by atoms with Crippen molar-refractivity contribution >= 4 is 28.3 Å². The first-order chi connectivity index (χ1) is 11.3. The number of allylic oxidation sites excluding steroid dienone is 2. The number of rotatable bonds is 3. The van der Waals surface area contributed by atoms with Crippen LogP contribution in [0, 0.1) is 0 Å². The summed E-state index contributed by atoms with van der Waals surface area (Å²) in [5.41, 5.74) is 5.47. The quantitative estimate of drug-likeness (QED) is 0.631. The van der Waals surface area contributed by atoms with Crippen molar-refractivity contribution in [3.8, 4) is 0 Å². The smallest absolute Gasteiger partial charge is 0.164 e. The first-order valence-corrected chi connectivity index (χ1v) is 8.69. The molecule has 0 aliphatic heterocycles. The summed E-state index contributed by atoms with van der Waals surface area (Å²) in [4.78, 5) is 12.8. The van der Waals surface area contributed by atoms with Crippen molar-refractivity contribution in [3.63, 3.8) is 0 Å². The van der Waals surface area contributed by atoms with Crippen LogP contribution >= 0.6 is 11.3 Å². The molecule has 0 amide bonds. The molecule has 0 N–H and O–H groups in total. The van der Waals surface area contributed by atoms with Gasteiger partial charge in [0.1, 0.15) is 0 Å². The second kappa shape index (κ2) is 5.98. The largest absolute Gasteiger partial charge is 0.294 e. The molecule has 1 heterocycles. The predicted molar refractivity (Wildman–Crippen MR) is 96.4 cm³/mol. The highest BCUT2D eigenvalue weighted by Gasteiger charge is 2.34. The van der Waals surface area contributed by atoms with E-state index in [1.165, 1.54) is 11.1 Å². The molecular formula is C21H16OS. The number of hydrogen-bond donors (Lipinski definition) is 0. The summed E-state index contributed by atoms with van der Waals surface area (Å²) in [6, 6.07) is 22.7. The molecule has 0 fully saturated rings. The zero-order valence-electron chi connectivity index (χ0n) is 12.6. The van der Waals surface area contributed by atoms with E-state index in [1.807, 2.05) is 47.8 Å². The first kappa shape index (κ1) is 14.2. The van der Waals surface area contributed by atoms with Crippen LogP contribution in [0.4, 0.5) is 0 Å². The molecule has 1 nitrogen and oxygen atoms in total. The van der Waals surface area contributed by atoms with Gasteiger partial charge in [0.15, 0.2) is 5.78 Å². The molecule has 4 rings (SSSR count). The highest BCUT2D eigenvalue weighted by atomic mass is 32.1. The van der Waals surface area contributed by atoms with Crippen LogP contribution < -0.4 is 0 Å². The Hall–Kier alpha value is -2.45. The first-order valence-electron chi connectivity index (χ1n) is 7.75. The Bertz CT molecular complexity index is 845. The molecule has 3 aromatic rings. The summed E-state index contributed by atoms with van der Waals surface area (Å²) >= 11 is 1.64. The molecule has 1 aliphatic carbocycles. The molecule has 0 spiro atoms. The predicted octanol–water partition coefficient (Wildman–Crippen LogP) is 5.42. The molecule has 1 aromatic heterocycles. The van der Waals surface area contributed by atoms with Gasteiger partial charge in [0.2, 0.25) is 0 Å². The second-order valence-corrected chi connectivity index (χ2v) is 6.54. The fourth-order valence-corrected chi connectivity index (χ4v) is 4.02. The zero-order chi connectivity index (χ0) is 15.6. The van der Waals surface area contributed by atoms with Crippen molar-refractivity contribution in [1.82, 2.24) is 0 Å². The number of ketones is 1. The molecule has 1 atom stereocenters. The molecule has 2 heteroatoms. The van der Waals surface area contributed by atoms with Gasteiger partial charge in [-0.2, -0.15) is 11.3 Å². The number of thiophene rings is 1. The molecule has 0 radical (unpaired) electrons. The topological polar surface area (TPSA) is 17.1 Å². The fraction of sp³-hybridized carbons (Fsp3) is 0.0952. The van der Waals surface area contributed by atoms with E-state index in [-0.39, 0.29) is 11.7 Å². The van der Waals surface area contributed by atoms with E-state index in [4.69, 9.17) is 0 Å². The number of benzene rings is 2. The lowest BCUT2D eigenvalue weighted by Gasteiger charge is -2.16. The van der Waals surface area contributed by atoms with Crippen molar-refractivity contribution in [2.75, 3.05) is 0 Å². The zero-order valence-corrected chi connectivity index (χ0v) is 13.4. The van der Waals surface area contributed by atoms with E-state index in [0.717, 1.165) is 16.7 Å². The van der Waals surface area contributed by atoms with Crippen molar-refractivity contribution < 1.29 is 4.79 Å². The van der Waals surface area contributed by atoms with E-state index in [2.05, 4.69) is 29.6 Å². The van der Waals surface area contributed by atoms with Gasteiger partial charge in [-0.3, -0.25) is 4.79 Å². The second-order valence-electron chi connectivity index (χ2n) is 5.76. The lowest BCUT2D eigenvalue weighted by Crippen LogP contribution is -1.99. The maximum atomic E-state index is 12.8. The van der Waals surface area contributed by atoms with Gasteiger partial charge in [-0.1, -0.05) is 60.7 Å². The van der Waals surface area contributed by atoms with Crippen LogP contribution in [0.15, 0.2) is 77.5 Å². The normalized spacial score (nSPS) is 17.7. The maximum absolute atomic E-state index is 12.8. The summed E-state index contributed by atoms with van der Waals surface area (Å²) in [6.07, 6.45) is 0.555. The van der Waals surface area contributed by atoms with E-state index < -0.39 is 0 Å². The van der Waals surface area contributed by atoms with E-state index in [9.17, 15) is 4.79 Å². The molecule has 1 aliphatic rings. The van der Waals surface area contributed by atoms with E-state index in [0.29, 0.717) is 6.42 Å². The van der Waals surface area contributed by atoms with Crippen LogP contribution in [-0.2, 0) is 4.79 Å². The third-order valence-corrected chi connectivity index (χ3v) is 5.07. The molecule has 112 valence electrons. The Morgan fingerprint density at radius 1 is 0.826 bits per heavy atom. The molecule has 0 saturated heterocycles. The molecule has 0 bridgehead atoms. The van der Waals surface area contributed by atoms with Gasteiger partial charge in [-0.15, -0.1) is 0 Å². The Kier molecular flexibility index (Phi) is 3.68. The molecule has 0 saturated carbocycles. The molecule has 23 heavy (non-hydrogen) atoms. The van der Waals surface area contributed by atoms with Crippen LogP contribution in [0.5, 0.6) is 0 Å². The minimum absolute atomic E-state index is 0.140. The van der Waals surface area contributed by atoms with Crippen molar-refractivity contribution in [2.24, 2.45) is 0 Å². The van der Waals surface area contributed by atoms with E-state index >= 15 is 0 Å². The fourth-order valence-electron chi connectivity index (χ4n) is 3.37. The van der Waals surface area contributed by atoms with Crippen LogP contribution in [0.1, 0.15) is 29.0 Å². The SMILES string of the molecule is O=C1CC(c2ccccc2)C(c2ccccc2)=C1c1ccsc1. The lowest BCUT2D eigenvalue weighted by atomic mass is 9.87. The third-order valence-electron chi connectivity index (χ3n) is 4.38. The lowest BCUT2D eigenvalue weighted by molar-refractivity contribution is -0.113. The van der Waals surface area contributed by atoms with Crippen LogP contribution in [-0.4, -0.2) is 5.78 Å². The van der Waals surface area contributed by atoms with Crippen molar-refractivity contribution in [2.45, 2.75) is 12.3 Å². The Morgan fingerprint density at radius 3 is 2.17 bits per heavy atom. The minimum Gasteiger partial charge on any atom is -0.294 e. The third kappa shape index (κ3) is 2.55. The molecule has 1 unspecified atom stereocenters. The maximum Gasteiger partial charge on any atom is 0.164 e. The van der Waals surface area contributed by atoms with Crippen molar-refractivity contribution in [3.05, 3.63) is 94.2 Å². The summed E-state index contributed by atoms with van der Waals surface area (Å²) in [5.74, 6) is 0.386. The summed E-state index contributed by atoms with van der Waals surface area (Å²) in [5, 5.41) is 4.11. The average Bonchev–Trinajstić information content (AvgIpc) is 3.23. The van der Waals surface area contributed by atoms with Gasteiger partial charge >= 0.3 is 0 Å².